The molecule has 0 aromatic heterocycles. The van der Waals surface area contributed by atoms with Crippen LogP contribution in [0.15, 0.2) is 24.3 Å². The molecule has 4 aliphatic carbocycles. The molecule has 1 saturated heterocycles. The van der Waals surface area contributed by atoms with Crippen LogP contribution in [0.2, 0.25) is 0 Å². The molecule has 2 unspecified atom stereocenters. The van der Waals surface area contributed by atoms with Crippen molar-refractivity contribution in [2.24, 2.45) is 22.7 Å². The molecule has 4 bridgehead atoms. The highest BCUT2D eigenvalue weighted by atomic mass is 35.5. The first kappa shape index (κ1) is 27.4. The molecule has 6 rings (SSSR count). The molecule has 4 atom stereocenters. The lowest BCUT2D eigenvalue weighted by molar-refractivity contribution is -0.156. The summed E-state index contributed by atoms with van der Waals surface area (Å²) in [5, 5.41) is 0. The van der Waals surface area contributed by atoms with Crippen molar-refractivity contribution in [1.82, 2.24) is 4.90 Å². The monoisotopic (exact) mass is 512 g/mol. The zero-order valence-electron chi connectivity index (χ0n) is 20.8. The molecule has 5 nitrogen and oxygen atoms in total. The maximum Gasteiger partial charge on any atom is 0.306 e. The minimum absolute atomic E-state index is 0. The van der Waals surface area contributed by atoms with Gasteiger partial charge in [-0.05, 0) is 79.7 Å². The number of ether oxygens (including phenoxy) is 2. The van der Waals surface area contributed by atoms with Crippen molar-refractivity contribution >= 4 is 36.5 Å². The molecule has 4 saturated carbocycles. The fourth-order valence-electron chi connectivity index (χ4n) is 8.07. The third kappa shape index (κ3) is 5.96. The van der Waals surface area contributed by atoms with Crippen LogP contribution in [0.4, 0.5) is 5.69 Å². The Kier molecular flexibility index (Phi) is 9.08. The van der Waals surface area contributed by atoms with Crippen molar-refractivity contribution in [2.45, 2.75) is 58.3 Å². The van der Waals surface area contributed by atoms with Crippen molar-refractivity contribution in [1.29, 1.82) is 0 Å². The third-order valence-electron chi connectivity index (χ3n) is 8.67. The van der Waals surface area contributed by atoms with Crippen molar-refractivity contribution < 1.29 is 14.3 Å². The lowest BCUT2D eigenvalue weighted by atomic mass is 9.44. The van der Waals surface area contributed by atoms with Crippen LogP contribution in [0.25, 0.3) is 0 Å². The fourth-order valence-corrected chi connectivity index (χ4v) is 8.07. The Morgan fingerprint density at radius 2 is 1.71 bits per heavy atom. The summed E-state index contributed by atoms with van der Waals surface area (Å²) >= 11 is 0. The first-order valence-electron chi connectivity index (χ1n) is 12.7. The van der Waals surface area contributed by atoms with Gasteiger partial charge in [0.1, 0.15) is 5.75 Å². The standard InChI is InChI=1S/C27H40N2O3.2ClH/c1-26-15-21-14-22(16-26)18-27(17-21,20-26)19-25(30)32-13-5-8-28-9-11-29(12-10-28)23-6-3-4-7-24(23)31-2;;/h3-4,6-7,21-22H,5,8-20H2,1-2H3;2*1H/t21-,22+,26?,27?;;. The number of carbonyl (C=O) groups excluding carboxylic acids is 1. The largest absolute Gasteiger partial charge is 0.495 e. The van der Waals surface area contributed by atoms with E-state index in [2.05, 4.69) is 28.9 Å². The summed E-state index contributed by atoms with van der Waals surface area (Å²) in [4.78, 5) is 17.6. The Bertz CT molecular complexity index is 814. The topological polar surface area (TPSA) is 42.0 Å². The van der Waals surface area contributed by atoms with Crippen molar-refractivity contribution in [3.8, 4) is 5.75 Å². The van der Waals surface area contributed by atoms with Crippen LogP contribution in [0.5, 0.6) is 5.75 Å². The summed E-state index contributed by atoms with van der Waals surface area (Å²) in [6.07, 6.45) is 9.57. The molecule has 5 aliphatic rings. The van der Waals surface area contributed by atoms with Crippen LogP contribution in [-0.2, 0) is 9.53 Å². The average Bonchev–Trinajstić information content (AvgIpc) is 2.75. The van der Waals surface area contributed by atoms with E-state index in [0.29, 0.717) is 18.4 Å². The van der Waals surface area contributed by atoms with Gasteiger partial charge in [0.15, 0.2) is 0 Å². The van der Waals surface area contributed by atoms with Crippen LogP contribution < -0.4 is 9.64 Å². The number of nitrogens with zero attached hydrogens (tertiary/aromatic N) is 2. The molecule has 34 heavy (non-hydrogen) atoms. The van der Waals surface area contributed by atoms with Gasteiger partial charge in [0, 0.05) is 32.7 Å². The summed E-state index contributed by atoms with van der Waals surface area (Å²) in [5.74, 6) is 2.73. The molecule has 0 N–H and O–H groups in total. The van der Waals surface area contributed by atoms with E-state index in [9.17, 15) is 4.79 Å². The highest BCUT2D eigenvalue weighted by Gasteiger charge is 2.56. The van der Waals surface area contributed by atoms with Gasteiger partial charge in [-0.2, -0.15) is 0 Å². The second kappa shape index (κ2) is 11.3. The van der Waals surface area contributed by atoms with E-state index in [-0.39, 0.29) is 36.2 Å². The predicted octanol–water partition coefficient (Wildman–Crippen LogP) is 5.59. The van der Waals surface area contributed by atoms with Gasteiger partial charge >= 0.3 is 5.97 Å². The maximum absolute atomic E-state index is 12.7. The minimum atomic E-state index is 0. The Morgan fingerprint density at radius 3 is 2.35 bits per heavy atom. The molecule has 1 aromatic carbocycles. The summed E-state index contributed by atoms with van der Waals surface area (Å²) < 4.78 is 11.2. The molecule has 1 aliphatic heterocycles. The van der Waals surface area contributed by atoms with Gasteiger partial charge in [-0.25, -0.2) is 0 Å². The fraction of sp³-hybridized carbons (Fsp3) is 0.741. The number of rotatable bonds is 8. The highest BCUT2D eigenvalue weighted by molar-refractivity contribution is 5.85. The summed E-state index contributed by atoms with van der Waals surface area (Å²) in [6.45, 7) is 8.12. The van der Waals surface area contributed by atoms with Gasteiger partial charge in [-0.15, -0.1) is 24.8 Å². The van der Waals surface area contributed by atoms with E-state index >= 15 is 0 Å². The van der Waals surface area contributed by atoms with Crippen molar-refractivity contribution in [3.05, 3.63) is 24.3 Å². The van der Waals surface area contributed by atoms with Crippen LogP contribution >= 0.6 is 24.8 Å². The zero-order valence-corrected chi connectivity index (χ0v) is 22.4. The molecule has 192 valence electrons. The lowest BCUT2D eigenvalue weighted by Crippen LogP contribution is -2.51. The number of benzene rings is 1. The number of piperazine rings is 1. The average molecular weight is 514 g/mol. The third-order valence-corrected chi connectivity index (χ3v) is 8.67. The number of methoxy groups -OCH3 is 1. The molecule has 0 spiro atoms. The minimum Gasteiger partial charge on any atom is -0.495 e. The summed E-state index contributed by atoms with van der Waals surface area (Å²) in [6, 6.07) is 8.25. The van der Waals surface area contributed by atoms with Crippen LogP contribution in [0.1, 0.15) is 58.3 Å². The first-order chi connectivity index (χ1) is 15.5. The van der Waals surface area contributed by atoms with E-state index in [1.807, 2.05) is 12.1 Å². The van der Waals surface area contributed by atoms with Crippen molar-refractivity contribution in [2.75, 3.05) is 51.3 Å². The Morgan fingerprint density at radius 1 is 1.03 bits per heavy atom. The van der Waals surface area contributed by atoms with E-state index < -0.39 is 0 Å². The summed E-state index contributed by atoms with van der Waals surface area (Å²) in [7, 11) is 1.74. The number of carbonyl (C=O) groups is 1. The predicted molar refractivity (Wildman–Crippen MR) is 142 cm³/mol. The van der Waals surface area contributed by atoms with Gasteiger partial charge in [0.25, 0.3) is 0 Å². The SMILES string of the molecule is COc1ccccc1N1CCN(CCCOC(=O)CC23C[C@@H]4C[C@@H](CC(C)(C4)C2)C3)CC1.Cl.Cl. The first-order valence-corrected chi connectivity index (χ1v) is 12.7. The second-order valence-electron chi connectivity index (χ2n) is 11.5. The Balaban J connectivity index is 0.00000162. The van der Waals surface area contributed by atoms with Crippen LogP contribution in [0.3, 0.4) is 0 Å². The number of para-hydroxylation sites is 2. The van der Waals surface area contributed by atoms with E-state index in [4.69, 9.17) is 9.47 Å². The molecule has 0 radical (unpaired) electrons. The quantitative estimate of drug-likeness (QED) is 0.335. The van der Waals surface area contributed by atoms with Gasteiger partial charge in [0.05, 0.1) is 25.8 Å². The molecule has 0 amide bonds. The number of hydrogen-bond acceptors (Lipinski definition) is 5. The maximum atomic E-state index is 12.7. The normalized spacial score (nSPS) is 32.0. The molecular formula is C27H42Cl2N2O3. The lowest BCUT2D eigenvalue weighted by Gasteiger charge is -2.61. The van der Waals surface area contributed by atoms with E-state index in [1.165, 1.54) is 44.2 Å². The van der Waals surface area contributed by atoms with E-state index in [1.54, 1.807) is 7.11 Å². The Labute approximate surface area is 217 Å². The Hall–Kier alpha value is -1.17. The highest BCUT2D eigenvalue weighted by Crippen LogP contribution is 2.66. The second-order valence-corrected chi connectivity index (χ2v) is 11.5. The summed E-state index contributed by atoms with van der Waals surface area (Å²) in [5.41, 5.74) is 1.93. The molecule has 1 heterocycles. The number of halogens is 2. The number of anilines is 1. The van der Waals surface area contributed by atoms with Gasteiger partial charge < -0.3 is 14.4 Å². The zero-order chi connectivity index (χ0) is 22.2. The molecular weight excluding hydrogens is 471 g/mol. The molecule has 5 fully saturated rings. The molecule has 7 heteroatoms. The van der Waals surface area contributed by atoms with Crippen LogP contribution in [0, 0.1) is 22.7 Å². The number of esters is 1. The smallest absolute Gasteiger partial charge is 0.306 e. The number of hydrogen-bond donors (Lipinski definition) is 0. The van der Waals surface area contributed by atoms with Gasteiger partial charge in [0.2, 0.25) is 0 Å². The van der Waals surface area contributed by atoms with Crippen molar-refractivity contribution in [3.63, 3.8) is 0 Å². The van der Waals surface area contributed by atoms with Gasteiger partial charge in [-0.3, -0.25) is 9.69 Å². The van der Waals surface area contributed by atoms with Crippen LogP contribution in [-0.4, -0.2) is 57.3 Å². The van der Waals surface area contributed by atoms with E-state index in [0.717, 1.165) is 56.7 Å². The van der Waals surface area contributed by atoms with Gasteiger partial charge in [-0.1, -0.05) is 19.1 Å². The molecule has 1 aromatic rings.